The Balaban J connectivity index is 1.04. The number of hydrogen-bond acceptors (Lipinski definition) is 20. The molecule has 3 aliphatic rings. The fourth-order valence-corrected chi connectivity index (χ4v) is 10.5. The Morgan fingerprint density at radius 3 is 2.49 bits per heavy atom. The molecule has 1 fully saturated rings. The van der Waals surface area contributed by atoms with Gasteiger partial charge in [0.05, 0.1) is 40.9 Å². The zero-order chi connectivity index (χ0) is 49.5. The van der Waals surface area contributed by atoms with E-state index in [1.807, 2.05) is 6.92 Å². The van der Waals surface area contributed by atoms with E-state index in [-0.39, 0.29) is 77.3 Å². The van der Waals surface area contributed by atoms with Crippen LogP contribution >= 0.6 is 21.6 Å². The van der Waals surface area contributed by atoms with Crippen molar-refractivity contribution in [3.05, 3.63) is 91.6 Å². The Morgan fingerprint density at radius 1 is 1.07 bits per heavy atom. The summed E-state index contributed by atoms with van der Waals surface area (Å²) in [7, 11) is -8.22. The standard InChI is InChI=1S/C40H40N10O14S4/c1-2-28-29(62-19-47-49-44)17-31(63-28)50-18-21(37(43)48-40(50)55)4-3-12-45-30(51)11-14-65-66-15-13-46-38(52)20-5-6-22(25(16-20)39(53)54)32-23-7-9-26(41)35(67(56,57)58)33(23)64-34-24(32)8-10-27(42)36(34)68(59,60)61/h5-10,16,18,28-29,31,41H,2,11-15,17,19,42H2,1H3,(H,45,51)(H,46,52)(H,53,54)(H2,43,48,55)(H,56,57,58)(H,59,60,61)/p-2. The number of ether oxygens (including phenoxy) is 2. The van der Waals surface area contributed by atoms with Crippen LogP contribution < -0.4 is 33.1 Å². The van der Waals surface area contributed by atoms with Crippen LogP contribution in [0.3, 0.4) is 0 Å². The van der Waals surface area contributed by atoms with Gasteiger partial charge in [-0.25, -0.2) is 26.4 Å². The predicted octanol–water partition coefficient (Wildman–Crippen LogP) is 2.93. The van der Waals surface area contributed by atoms with Crippen LogP contribution in [0.1, 0.15) is 58.7 Å². The number of benzene rings is 3. The molecular weight excluding hydrogens is 973 g/mol. The number of hydrogen-bond donors (Lipinski definition) is 6. The molecule has 1 aliphatic carbocycles. The molecule has 358 valence electrons. The van der Waals surface area contributed by atoms with E-state index in [2.05, 4.69) is 37.5 Å². The van der Waals surface area contributed by atoms with E-state index in [0.717, 1.165) is 24.3 Å². The summed E-state index contributed by atoms with van der Waals surface area (Å²) in [5.74, 6) is 2.88. The second kappa shape index (κ2) is 21.5. The summed E-state index contributed by atoms with van der Waals surface area (Å²) in [6.07, 6.45) is 0.930. The molecule has 68 heavy (non-hydrogen) atoms. The van der Waals surface area contributed by atoms with Gasteiger partial charge < -0.3 is 50.2 Å². The first-order valence-corrected chi connectivity index (χ1v) is 25.2. The van der Waals surface area contributed by atoms with E-state index < -0.39 is 87.9 Å². The SMILES string of the molecule is CCC1OC(n2cc(C#CCNC(=O)CCSSCCNC(=O)c3ccc(-c4c5ccc(=N)c(S(=O)(=O)[O-])c-5oc5c(S(=O)(=O)[O-])c(N)ccc45)c(C(=O)O)c3)c(N)nc2=O)CC1OCN=[N+]=[N-]. The predicted molar refractivity (Wildman–Crippen MR) is 244 cm³/mol. The first-order valence-electron chi connectivity index (χ1n) is 19.9. The number of azide groups is 1. The minimum absolute atomic E-state index is 0.0331. The maximum absolute atomic E-state index is 13.2. The summed E-state index contributed by atoms with van der Waals surface area (Å²) in [6, 6.07) is 7.79. The number of nitrogens with zero attached hydrogens (tertiary/aromatic N) is 5. The summed E-state index contributed by atoms with van der Waals surface area (Å²) in [5, 5.41) is 26.1. The highest BCUT2D eigenvalue weighted by atomic mass is 33.1. The van der Waals surface area contributed by atoms with Crippen LogP contribution in [0, 0.1) is 17.3 Å². The fourth-order valence-electron chi connectivity index (χ4n) is 7.14. The molecule has 3 aromatic rings. The maximum Gasteiger partial charge on any atom is 0.351 e. The van der Waals surface area contributed by atoms with Crippen molar-refractivity contribution < 1.29 is 59.3 Å². The molecule has 24 nitrogen and oxygen atoms in total. The molecule has 1 aromatic heterocycles. The van der Waals surface area contributed by atoms with E-state index in [0.29, 0.717) is 24.3 Å². The quantitative estimate of drug-likeness (QED) is 0.00845. The summed E-state index contributed by atoms with van der Waals surface area (Å²) < 4.78 is 92.5. The maximum atomic E-state index is 13.2. The summed E-state index contributed by atoms with van der Waals surface area (Å²) in [4.78, 5) is 55.1. The smallest absolute Gasteiger partial charge is 0.351 e. The lowest BCUT2D eigenvalue weighted by atomic mass is 9.89. The molecule has 28 heteroatoms. The summed E-state index contributed by atoms with van der Waals surface area (Å²) >= 11 is 0. The van der Waals surface area contributed by atoms with E-state index in [4.69, 9.17) is 36.3 Å². The normalized spacial score (nSPS) is 15.9. The van der Waals surface area contributed by atoms with Gasteiger partial charge in [0.2, 0.25) is 5.91 Å². The number of fused-ring (bicyclic) bond motifs is 2. The molecule has 8 N–H and O–H groups in total. The molecule has 0 radical (unpaired) electrons. The molecular formula is C40H38N10O14S4-2. The van der Waals surface area contributed by atoms with E-state index in [9.17, 15) is 50.2 Å². The third-order valence-corrected chi connectivity index (χ3v) is 14.4. The lowest BCUT2D eigenvalue weighted by molar-refractivity contribution is -0.120. The Hall–Kier alpha value is -6.67. The lowest BCUT2D eigenvalue weighted by Gasteiger charge is -2.22. The topological polar surface area (TPSA) is 401 Å². The largest absolute Gasteiger partial charge is 0.744 e. The van der Waals surface area contributed by atoms with Crippen molar-refractivity contribution in [3.8, 4) is 34.3 Å². The number of rotatable bonds is 18. The molecule has 3 unspecified atom stereocenters. The number of nitrogen functional groups attached to an aromatic ring is 2. The minimum atomic E-state index is -5.48. The highest BCUT2D eigenvalue weighted by Gasteiger charge is 2.37. The number of amides is 2. The number of anilines is 2. The molecule has 0 saturated carbocycles. The van der Waals surface area contributed by atoms with Gasteiger partial charge in [0, 0.05) is 64.1 Å². The van der Waals surface area contributed by atoms with Crippen LogP contribution in [0.2, 0.25) is 0 Å². The van der Waals surface area contributed by atoms with Crippen molar-refractivity contribution >= 4 is 82.1 Å². The molecule has 2 aliphatic heterocycles. The third kappa shape index (κ3) is 11.5. The Labute approximate surface area is 393 Å². The van der Waals surface area contributed by atoms with Gasteiger partial charge in [0.25, 0.3) is 5.91 Å². The van der Waals surface area contributed by atoms with Crippen molar-refractivity contribution in [2.45, 2.75) is 54.4 Å². The number of carbonyl (C=O) groups is 3. The van der Waals surface area contributed by atoms with Crippen LogP contribution in [0.15, 0.2) is 72.8 Å². The fraction of sp³-hybridized carbons (Fsp3) is 0.300. The minimum Gasteiger partial charge on any atom is -0.744 e. The first kappa shape index (κ1) is 50.7. The van der Waals surface area contributed by atoms with Gasteiger partial charge in [-0.3, -0.25) is 19.6 Å². The zero-order valence-corrected chi connectivity index (χ0v) is 38.6. The molecule has 6 rings (SSSR count). The third-order valence-electron chi connectivity index (χ3n) is 10.1. The number of carboxylic acids is 1. The number of nitrogens with two attached hydrogens (primary N) is 2. The monoisotopic (exact) mass is 1010 g/mol. The van der Waals surface area contributed by atoms with Crippen LogP contribution in [-0.4, -0.2) is 102 Å². The Kier molecular flexibility index (Phi) is 16.1. The van der Waals surface area contributed by atoms with Crippen molar-refractivity contribution in [3.63, 3.8) is 0 Å². The second-order valence-corrected chi connectivity index (χ2v) is 19.8. The van der Waals surface area contributed by atoms with Gasteiger partial charge in [-0.05, 0) is 53.9 Å². The highest BCUT2D eigenvalue weighted by molar-refractivity contribution is 8.76. The van der Waals surface area contributed by atoms with Gasteiger partial charge in [-0.2, -0.15) is 4.98 Å². The number of nitrogens with one attached hydrogen (secondary N) is 3. The van der Waals surface area contributed by atoms with Crippen molar-refractivity contribution in [2.24, 2.45) is 5.11 Å². The van der Waals surface area contributed by atoms with Crippen molar-refractivity contribution in [1.82, 2.24) is 20.2 Å². The highest BCUT2D eigenvalue weighted by Crippen LogP contribution is 2.46. The van der Waals surface area contributed by atoms with Crippen molar-refractivity contribution in [1.29, 1.82) is 5.41 Å². The van der Waals surface area contributed by atoms with E-state index in [1.165, 1.54) is 50.6 Å². The van der Waals surface area contributed by atoms with Crippen molar-refractivity contribution in [2.75, 3.05) is 42.8 Å². The summed E-state index contributed by atoms with van der Waals surface area (Å²) in [6.45, 7) is 1.79. The zero-order valence-electron chi connectivity index (χ0n) is 35.3. The first-order chi connectivity index (χ1) is 32.2. The average Bonchev–Trinajstić information content (AvgIpc) is 3.68. The number of aromatic nitrogens is 2. The van der Waals surface area contributed by atoms with Crippen LogP contribution in [0.25, 0.3) is 43.9 Å². The molecule has 0 spiro atoms. The van der Waals surface area contributed by atoms with Crippen LogP contribution in [0.5, 0.6) is 0 Å². The van der Waals surface area contributed by atoms with Crippen LogP contribution in [-0.2, 0) is 34.5 Å². The second-order valence-electron chi connectivity index (χ2n) is 14.4. The Morgan fingerprint density at radius 2 is 1.79 bits per heavy atom. The number of carboxylic acid groups (broad SMARTS) is 1. The van der Waals surface area contributed by atoms with E-state index in [1.54, 1.807) is 0 Å². The van der Waals surface area contributed by atoms with Gasteiger partial charge in [0.15, 0.2) is 11.3 Å². The van der Waals surface area contributed by atoms with Gasteiger partial charge in [-0.1, -0.05) is 51.5 Å². The van der Waals surface area contributed by atoms with Gasteiger partial charge in [0.1, 0.15) is 48.8 Å². The van der Waals surface area contributed by atoms with Crippen LogP contribution in [0.4, 0.5) is 11.5 Å². The number of carbonyl (C=O) groups excluding carboxylic acids is 2. The molecule has 0 bridgehead atoms. The van der Waals surface area contributed by atoms with Gasteiger partial charge >= 0.3 is 11.7 Å². The summed E-state index contributed by atoms with van der Waals surface area (Å²) in [5.41, 5.74) is 17.2. The number of aromatic carboxylic acids is 1. The van der Waals surface area contributed by atoms with E-state index >= 15 is 0 Å². The molecule has 2 amide bonds. The molecule has 2 aromatic carbocycles. The average molecular weight is 1010 g/mol. The molecule has 3 atom stereocenters. The van der Waals surface area contributed by atoms with Gasteiger partial charge in [-0.15, -0.1) is 0 Å². The molecule has 3 heterocycles. The lowest BCUT2D eigenvalue weighted by Crippen LogP contribution is -2.28. The molecule has 1 saturated heterocycles. The Bertz CT molecular complexity index is 3260.